The number of piperidine rings is 1. The van der Waals surface area contributed by atoms with E-state index >= 15 is 0 Å². The average Bonchev–Trinajstić information content (AvgIpc) is 2.78. The molecule has 3 rings (SSSR count). The molecule has 0 spiro atoms. The van der Waals surface area contributed by atoms with Crippen LogP contribution in [-0.4, -0.2) is 31.0 Å². The van der Waals surface area contributed by atoms with Gasteiger partial charge >= 0.3 is 6.18 Å². The van der Waals surface area contributed by atoms with Gasteiger partial charge in [-0.1, -0.05) is 18.2 Å². The molecule has 7 nitrogen and oxygen atoms in total. The van der Waals surface area contributed by atoms with Crippen LogP contribution in [0.25, 0.3) is 0 Å². The highest BCUT2D eigenvalue weighted by Crippen LogP contribution is 2.37. The molecule has 0 aliphatic carbocycles. The van der Waals surface area contributed by atoms with Crippen molar-refractivity contribution in [2.24, 2.45) is 5.92 Å². The van der Waals surface area contributed by atoms with E-state index in [9.17, 15) is 28.1 Å². The highest BCUT2D eigenvalue weighted by Gasteiger charge is 2.35. The molecule has 1 aliphatic rings. The monoisotopic (exact) mass is 451 g/mol. The van der Waals surface area contributed by atoms with Crippen molar-refractivity contribution < 1.29 is 27.6 Å². The molecule has 1 aliphatic heterocycles. The van der Waals surface area contributed by atoms with Crippen molar-refractivity contribution >= 4 is 17.3 Å². The van der Waals surface area contributed by atoms with Gasteiger partial charge in [-0.2, -0.15) is 13.2 Å². The number of rotatable bonds is 6. The molecular formula is C22H24F3N3O4. The Morgan fingerprint density at radius 1 is 1.22 bits per heavy atom. The summed E-state index contributed by atoms with van der Waals surface area (Å²) in [6.07, 6.45) is -3.79. The highest BCUT2D eigenvalue weighted by molar-refractivity contribution is 5.79. The Bertz CT molecular complexity index is 989. The second-order valence-corrected chi connectivity index (χ2v) is 7.69. The summed E-state index contributed by atoms with van der Waals surface area (Å²) in [5.74, 6) is 0.242. The van der Waals surface area contributed by atoms with E-state index in [0.29, 0.717) is 37.7 Å². The fourth-order valence-corrected chi connectivity index (χ4v) is 3.93. The van der Waals surface area contributed by atoms with Gasteiger partial charge in [-0.3, -0.25) is 14.9 Å². The quantitative estimate of drug-likeness (QED) is 0.508. The highest BCUT2D eigenvalue weighted by atomic mass is 19.4. The molecule has 1 atom stereocenters. The summed E-state index contributed by atoms with van der Waals surface area (Å²) < 4.78 is 44.1. The van der Waals surface area contributed by atoms with Gasteiger partial charge in [0.2, 0.25) is 5.91 Å². The van der Waals surface area contributed by atoms with Gasteiger partial charge in [0.1, 0.15) is 11.4 Å². The van der Waals surface area contributed by atoms with Gasteiger partial charge in [0.15, 0.2) is 0 Å². The Morgan fingerprint density at radius 2 is 1.88 bits per heavy atom. The van der Waals surface area contributed by atoms with Crippen molar-refractivity contribution in [2.75, 3.05) is 25.1 Å². The molecule has 1 saturated heterocycles. The van der Waals surface area contributed by atoms with E-state index in [4.69, 9.17) is 4.74 Å². The van der Waals surface area contributed by atoms with Gasteiger partial charge in [-0.05, 0) is 38.0 Å². The minimum absolute atomic E-state index is 0.129. The molecule has 1 fully saturated rings. The molecular weight excluding hydrogens is 427 g/mol. The smallest absolute Gasteiger partial charge is 0.416 e. The van der Waals surface area contributed by atoms with Crippen LogP contribution in [0.4, 0.5) is 24.5 Å². The number of carbonyl (C=O) groups is 1. The predicted molar refractivity (Wildman–Crippen MR) is 113 cm³/mol. The maximum Gasteiger partial charge on any atom is 0.416 e. The molecule has 2 aromatic carbocycles. The van der Waals surface area contributed by atoms with Gasteiger partial charge in [-0.25, -0.2) is 0 Å². The number of halogens is 3. The van der Waals surface area contributed by atoms with Gasteiger partial charge < -0.3 is 15.0 Å². The number of para-hydroxylation sites is 1. The first-order chi connectivity index (χ1) is 15.1. The molecule has 172 valence electrons. The van der Waals surface area contributed by atoms with Crippen LogP contribution in [0, 0.1) is 16.0 Å². The van der Waals surface area contributed by atoms with Gasteiger partial charge in [-0.15, -0.1) is 0 Å². The summed E-state index contributed by atoms with van der Waals surface area (Å²) in [6.45, 7) is 2.51. The lowest BCUT2D eigenvalue weighted by atomic mass is 9.94. The zero-order valence-electron chi connectivity index (χ0n) is 17.7. The number of methoxy groups -OCH3 is 1. The lowest BCUT2D eigenvalue weighted by molar-refractivity contribution is -0.384. The first kappa shape index (κ1) is 23.4. The Kier molecular flexibility index (Phi) is 6.90. The third kappa shape index (κ3) is 5.12. The van der Waals surface area contributed by atoms with Crippen molar-refractivity contribution in [3.05, 3.63) is 63.7 Å². The van der Waals surface area contributed by atoms with E-state index in [2.05, 4.69) is 5.32 Å². The number of benzene rings is 2. The van der Waals surface area contributed by atoms with E-state index in [1.807, 2.05) is 31.2 Å². The Hall–Kier alpha value is -3.30. The summed E-state index contributed by atoms with van der Waals surface area (Å²) in [7, 11) is 1.56. The molecule has 0 saturated carbocycles. The molecule has 0 radical (unpaired) electrons. The number of anilines is 1. The molecule has 2 aromatic rings. The van der Waals surface area contributed by atoms with Crippen LogP contribution in [0.2, 0.25) is 0 Å². The lowest BCUT2D eigenvalue weighted by Gasteiger charge is -2.33. The fraction of sp³-hybridized carbons (Fsp3) is 0.409. The van der Waals surface area contributed by atoms with Crippen molar-refractivity contribution in [3.8, 4) is 5.75 Å². The number of carbonyl (C=O) groups excluding carboxylic acids is 1. The van der Waals surface area contributed by atoms with Crippen LogP contribution >= 0.6 is 0 Å². The van der Waals surface area contributed by atoms with Crippen LogP contribution in [0.15, 0.2) is 42.5 Å². The van der Waals surface area contributed by atoms with E-state index in [0.717, 1.165) is 17.7 Å². The maximum atomic E-state index is 12.9. The molecule has 32 heavy (non-hydrogen) atoms. The van der Waals surface area contributed by atoms with Crippen molar-refractivity contribution in [3.63, 3.8) is 0 Å². The first-order valence-corrected chi connectivity index (χ1v) is 10.2. The zero-order valence-corrected chi connectivity index (χ0v) is 17.7. The van der Waals surface area contributed by atoms with Crippen molar-refractivity contribution in [1.29, 1.82) is 0 Å². The Labute approximate surface area is 183 Å². The summed E-state index contributed by atoms with van der Waals surface area (Å²) in [6, 6.07) is 9.64. The van der Waals surface area contributed by atoms with E-state index < -0.39 is 22.4 Å². The average molecular weight is 451 g/mol. The Balaban J connectivity index is 1.66. The topological polar surface area (TPSA) is 84.7 Å². The molecule has 1 N–H and O–H groups in total. The standard InChI is InChI=1S/C22H24F3N3O4/c1-14(17-5-3-4-6-20(17)32-2)26-21(29)15-9-11-27(12-10-15)18-8-7-16(22(23,24)25)13-19(18)28(30)31/h3-8,13-15H,9-12H2,1-2H3,(H,26,29)/t14-/m1/s1. The van der Waals surface area contributed by atoms with E-state index in [1.54, 1.807) is 12.0 Å². The number of nitro groups is 1. The van der Waals surface area contributed by atoms with E-state index in [-0.39, 0.29) is 23.6 Å². The normalized spacial score (nSPS) is 15.8. The second-order valence-electron chi connectivity index (χ2n) is 7.69. The number of hydrogen-bond donors (Lipinski definition) is 1. The summed E-state index contributed by atoms with van der Waals surface area (Å²) in [5, 5.41) is 14.3. The largest absolute Gasteiger partial charge is 0.496 e. The van der Waals surface area contributed by atoms with Crippen molar-refractivity contribution in [2.45, 2.75) is 32.0 Å². The maximum absolute atomic E-state index is 12.9. The van der Waals surface area contributed by atoms with Crippen LogP contribution in [0.5, 0.6) is 5.75 Å². The molecule has 10 heteroatoms. The van der Waals surface area contributed by atoms with Gasteiger partial charge in [0.05, 0.1) is 23.6 Å². The molecule has 0 unspecified atom stereocenters. The van der Waals surface area contributed by atoms with Crippen LogP contribution in [-0.2, 0) is 11.0 Å². The van der Waals surface area contributed by atoms with Crippen LogP contribution < -0.4 is 15.0 Å². The number of nitrogens with zero attached hydrogens (tertiary/aromatic N) is 2. The van der Waals surface area contributed by atoms with Gasteiger partial charge in [0.25, 0.3) is 5.69 Å². The number of ether oxygens (including phenoxy) is 1. The van der Waals surface area contributed by atoms with Crippen LogP contribution in [0.1, 0.15) is 36.9 Å². The van der Waals surface area contributed by atoms with Gasteiger partial charge in [0, 0.05) is 30.6 Å². The molecule has 0 bridgehead atoms. The molecule has 0 aromatic heterocycles. The number of alkyl halides is 3. The SMILES string of the molecule is COc1ccccc1[C@@H](C)NC(=O)C1CCN(c2ccc(C(F)(F)F)cc2[N+](=O)[O-])CC1. The summed E-state index contributed by atoms with van der Waals surface area (Å²) in [4.78, 5) is 25.0. The van der Waals surface area contributed by atoms with Crippen molar-refractivity contribution in [1.82, 2.24) is 5.32 Å². The third-order valence-corrected chi connectivity index (χ3v) is 5.67. The van der Waals surface area contributed by atoms with E-state index in [1.165, 1.54) is 0 Å². The second kappa shape index (κ2) is 9.46. The molecule has 1 heterocycles. The minimum Gasteiger partial charge on any atom is -0.496 e. The lowest BCUT2D eigenvalue weighted by Crippen LogP contribution is -2.41. The first-order valence-electron chi connectivity index (χ1n) is 10.2. The summed E-state index contributed by atoms with van der Waals surface area (Å²) in [5.41, 5.74) is -0.675. The fourth-order valence-electron chi connectivity index (χ4n) is 3.93. The summed E-state index contributed by atoms with van der Waals surface area (Å²) >= 11 is 0. The number of nitrogens with one attached hydrogen (secondary N) is 1. The number of amides is 1. The molecule has 1 amide bonds. The predicted octanol–water partition coefficient (Wildman–Crippen LogP) is 4.72. The Morgan fingerprint density at radius 3 is 2.47 bits per heavy atom. The zero-order chi connectivity index (χ0) is 23.5. The minimum atomic E-state index is -4.66. The van der Waals surface area contributed by atoms with Crippen LogP contribution in [0.3, 0.4) is 0 Å². The number of hydrogen-bond acceptors (Lipinski definition) is 5. The third-order valence-electron chi connectivity index (χ3n) is 5.67. The number of nitro benzene ring substituents is 1.